The Labute approximate surface area is 165 Å². The topological polar surface area (TPSA) is 81.5 Å². The highest BCUT2D eigenvalue weighted by Gasteiger charge is 2.16. The highest BCUT2D eigenvalue weighted by Crippen LogP contribution is 2.20. The van der Waals surface area contributed by atoms with Crippen LogP contribution in [0.5, 0.6) is 5.75 Å². The lowest BCUT2D eigenvalue weighted by Crippen LogP contribution is -2.36. The van der Waals surface area contributed by atoms with Gasteiger partial charge in [0.25, 0.3) is 0 Å². The van der Waals surface area contributed by atoms with Gasteiger partial charge >= 0.3 is 6.61 Å². The summed E-state index contributed by atoms with van der Waals surface area (Å²) in [6.45, 7) is 0.963. The zero-order valence-electron chi connectivity index (χ0n) is 15.3. The number of hydrogen-bond donors (Lipinski definition) is 1. The molecule has 0 unspecified atom stereocenters. The van der Waals surface area contributed by atoms with Crippen LogP contribution in [0.25, 0.3) is 0 Å². The van der Waals surface area contributed by atoms with Crippen molar-refractivity contribution in [1.82, 2.24) is 19.7 Å². The summed E-state index contributed by atoms with van der Waals surface area (Å²) in [7, 11) is 1.87. The Hall–Kier alpha value is -2.24. The molecule has 2 heterocycles. The van der Waals surface area contributed by atoms with Crippen LogP contribution >= 0.6 is 11.8 Å². The van der Waals surface area contributed by atoms with Gasteiger partial charge in [-0.05, 0) is 24.3 Å². The van der Waals surface area contributed by atoms with Crippen molar-refractivity contribution in [3.8, 4) is 5.75 Å². The average molecular weight is 413 g/mol. The van der Waals surface area contributed by atoms with Gasteiger partial charge < -0.3 is 19.4 Å². The van der Waals surface area contributed by atoms with E-state index in [4.69, 9.17) is 4.74 Å². The number of nitrogens with zero attached hydrogens (tertiary/aromatic N) is 4. The van der Waals surface area contributed by atoms with Crippen molar-refractivity contribution in [2.45, 2.75) is 18.3 Å². The number of aromatic nitrogens is 3. The molecule has 3 rings (SSSR count). The predicted molar refractivity (Wildman–Crippen MR) is 99.5 cm³/mol. The number of amides is 1. The molecule has 1 aliphatic heterocycles. The Bertz CT molecular complexity index is 782. The first kappa shape index (κ1) is 20.5. The number of alkyl halides is 2. The second-order valence-electron chi connectivity index (χ2n) is 6.09. The number of thioether (sulfide) groups is 1. The Morgan fingerprint density at radius 1 is 1.29 bits per heavy atom. The molecule has 152 valence electrons. The summed E-state index contributed by atoms with van der Waals surface area (Å²) in [6, 6.07) is 5.75. The van der Waals surface area contributed by atoms with Crippen LogP contribution in [0.1, 0.15) is 5.82 Å². The van der Waals surface area contributed by atoms with Gasteiger partial charge in [-0.15, -0.1) is 10.2 Å². The van der Waals surface area contributed by atoms with Crippen molar-refractivity contribution >= 4 is 23.4 Å². The fourth-order valence-electron chi connectivity index (χ4n) is 2.61. The SMILES string of the molecule is Cn1c(CN2CCOCC2)nnc1SCC(=O)Nc1ccc(OC(F)F)cc1. The quantitative estimate of drug-likeness (QED) is 0.663. The summed E-state index contributed by atoms with van der Waals surface area (Å²) in [5, 5.41) is 11.7. The maximum absolute atomic E-state index is 12.1. The molecule has 11 heteroatoms. The van der Waals surface area contributed by atoms with Gasteiger partial charge in [0.15, 0.2) is 5.16 Å². The monoisotopic (exact) mass is 413 g/mol. The van der Waals surface area contributed by atoms with Gasteiger partial charge in [-0.1, -0.05) is 11.8 Å². The number of carbonyl (C=O) groups excluding carboxylic acids is 1. The first-order valence-electron chi connectivity index (χ1n) is 8.67. The van der Waals surface area contributed by atoms with E-state index in [1.807, 2.05) is 11.6 Å². The predicted octanol–water partition coefficient (Wildman–Crippen LogP) is 1.98. The molecule has 0 atom stereocenters. The third kappa shape index (κ3) is 5.88. The third-order valence-corrected chi connectivity index (χ3v) is 5.11. The zero-order valence-corrected chi connectivity index (χ0v) is 16.1. The summed E-state index contributed by atoms with van der Waals surface area (Å²) in [5.41, 5.74) is 0.498. The van der Waals surface area contributed by atoms with Gasteiger partial charge in [0.2, 0.25) is 5.91 Å². The third-order valence-electron chi connectivity index (χ3n) is 4.09. The summed E-state index contributed by atoms with van der Waals surface area (Å²) < 4.78 is 35.8. The van der Waals surface area contributed by atoms with E-state index in [0.717, 1.165) is 32.1 Å². The van der Waals surface area contributed by atoms with Crippen LogP contribution in [0.3, 0.4) is 0 Å². The molecule has 2 aromatic rings. The molecular formula is C17H21F2N5O3S. The fourth-order valence-corrected chi connectivity index (χ4v) is 3.34. The number of nitrogens with one attached hydrogen (secondary N) is 1. The van der Waals surface area contributed by atoms with Gasteiger partial charge in [0, 0.05) is 25.8 Å². The minimum absolute atomic E-state index is 0.0363. The molecule has 1 amide bonds. The minimum Gasteiger partial charge on any atom is -0.435 e. The molecule has 1 fully saturated rings. The van der Waals surface area contributed by atoms with Crippen LogP contribution in [-0.4, -0.2) is 64.2 Å². The summed E-state index contributed by atoms with van der Waals surface area (Å²) in [6.07, 6.45) is 0. The molecular weight excluding hydrogens is 392 g/mol. The number of halogens is 2. The molecule has 1 N–H and O–H groups in total. The Balaban J connectivity index is 1.47. The van der Waals surface area contributed by atoms with Crippen LogP contribution in [0.2, 0.25) is 0 Å². The van der Waals surface area contributed by atoms with E-state index in [2.05, 4.69) is 25.2 Å². The van der Waals surface area contributed by atoms with E-state index in [9.17, 15) is 13.6 Å². The van der Waals surface area contributed by atoms with Crippen LogP contribution in [0.4, 0.5) is 14.5 Å². The number of carbonyl (C=O) groups is 1. The van der Waals surface area contributed by atoms with Crippen molar-refractivity contribution in [3.05, 3.63) is 30.1 Å². The summed E-state index contributed by atoms with van der Waals surface area (Å²) in [4.78, 5) is 14.4. The summed E-state index contributed by atoms with van der Waals surface area (Å²) >= 11 is 1.28. The van der Waals surface area contributed by atoms with Crippen molar-refractivity contribution in [2.75, 3.05) is 37.4 Å². The van der Waals surface area contributed by atoms with E-state index in [0.29, 0.717) is 17.4 Å². The number of rotatable bonds is 8. The molecule has 0 spiro atoms. The molecule has 1 aromatic heterocycles. The van der Waals surface area contributed by atoms with Crippen LogP contribution in [0, 0.1) is 0 Å². The summed E-state index contributed by atoms with van der Waals surface area (Å²) in [5.74, 6) is 0.790. The molecule has 1 saturated heterocycles. The van der Waals surface area contributed by atoms with Crippen molar-refractivity contribution in [2.24, 2.45) is 7.05 Å². The maximum atomic E-state index is 12.1. The van der Waals surface area contributed by atoms with Gasteiger partial charge in [-0.3, -0.25) is 9.69 Å². The number of hydrogen-bond acceptors (Lipinski definition) is 7. The molecule has 1 aliphatic rings. The number of ether oxygens (including phenoxy) is 2. The molecule has 0 aliphatic carbocycles. The minimum atomic E-state index is -2.88. The van der Waals surface area contributed by atoms with Gasteiger partial charge in [-0.2, -0.15) is 8.78 Å². The van der Waals surface area contributed by atoms with Gasteiger partial charge in [0.05, 0.1) is 25.5 Å². The standard InChI is InChI=1S/C17H21F2N5O3S/c1-23-14(10-24-6-8-26-9-7-24)21-22-17(23)28-11-15(25)20-12-2-4-13(5-3-12)27-16(18)19/h2-5,16H,6-11H2,1H3,(H,20,25). The van der Waals surface area contributed by atoms with E-state index in [1.165, 1.54) is 36.0 Å². The lowest BCUT2D eigenvalue weighted by molar-refractivity contribution is -0.113. The van der Waals surface area contributed by atoms with Crippen molar-refractivity contribution < 1.29 is 23.0 Å². The van der Waals surface area contributed by atoms with Crippen LogP contribution < -0.4 is 10.1 Å². The molecule has 8 nitrogen and oxygen atoms in total. The first-order valence-corrected chi connectivity index (χ1v) is 9.65. The second-order valence-corrected chi connectivity index (χ2v) is 7.03. The normalized spacial score (nSPS) is 15.0. The number of morpholine rings is 1. The van der Waals surface area contributed by atoms with Gasteiger partial charge in [0.1, 0.15) is 11.6 Å². The highest BCUT2D eigenvalue weighted by molar-refractivity contribution is 7.99. The fraction of sp³-hybridized carbons (Fsp3) is 0.471. The van der Waals surface area contributed by atoms with E-state index in [-0.39, 0.29) is 17.4 Å². The molecule has 0 saturated carbocycles. The largest absolute Gasteiger partial charge is 0.435 e. The second kappa shape index (κ2) is 9.80. The highest BCUT2D eigenvalue weighted by atomic mass is 32.2. The van der Waals surface area contributed by atoms with Gasteiger partial charge in [-0.25, -0.2) is 0 Å². The zero-order chi connectivity index (χ0) is 19.9. The van der Waals surface area contributed by atoms with E-state index >= 15 is 0 Å². The first-order chi connectivity index (χ1) is 13.5. The number of anilines is 1. The smallest absolute Gasteiger partial charge is 0.387 e. The Morgan fingerprint density at radius 3 is 2.68 bits per heavy atom. The Kier molecular flexibility index (Phi) is 7.18. The molecule has 0 bridgehead atoms. The Morgan fingerprint density at radius 2 is 2.00 bits per heavy atom. The lowest BCUT2D eigenvalue weighted by Gasteiger charge is -2.25. The van der Waals surface area contributed by atoms with Crippen LogP contribution in [-0.2, 0) is 23.1 Å². The molecule has 28 heavy (non-hydrogen) atoms. The van der Waals surface area contributed by atoms with E-state index in [1.54, 1.807) is 0 Å². The average Bonchev–Trinajstić information content (AvgIpc) is 3.02. The maximum Gasteiger partial charge on any atom is 0.387 e. The van der Waals surface area contributed by atoms with Crippen molar-refractivity contribution in [1.29, 1.82) is 0 Å². The molecule has 0 radical (unpaired) electrons. The van der Waals surface area contributed by atoms with Crippen LogP contribution in [0.15, 0.2) is 29.4 Å². The van der Waals surface area contributed by atoms with Crippen molar-refractivity contribution in [3.63, 3.8) is 0 Å². The number of benzene rings is 1. The van der Waals surface area contributed by atoms with E-state index < -0.39 is 6.61 Å². The molecule has 1 aromatic carbocycles. The lowest BCUT2D eigenvalue weighted by atomic mass is 10.3.